The fourth-order valence-electron chi connectivity index (χ4n) is 2.80. The first-order valence-corrected chi connectivity index (χ1v) is 15.2. The summed E-state index contributed by atoms with van der Waals surface area (Å²) < 4.78 is 27.0. The zero-order chi connectivity index (χ0) is 29.2. The van der Waals surface area contributed by atoms with Gasteiger partial charge in [-0.15, -0.1) is 0 Å². The number of phosphoric ester groups is 1. The zero-order valence-electron chi connectivity index (χ0n) is 24.3. The molecule has 8 nitrogen and oxygen atoms in total. The molecule has 0 spiro atoms. The predicted molar refractivity (Wildman–Crippen MR) is 159 cm³/mol. The van der Waals surface area contributed by atoms with Gasteiger partial charge in [0.05, 0.1) is 27.7 Å². The monoisotopic (exact) mass is 568 g/mol. The molecule has 0 radical (unpaired) electrons. The maximum atomic E-state index is 11.8. The SMILES string of the molecule is CCC=CCC=CCC=CCC=CCC=CCC=CCCC(=O)OCC(O)COP(=O)(O)OCC[N+](C)(C)C. The Morgan fingerprint density at radius 3 is 1.69 bits per heavy atom. The first-order chi connectivity index (χ1) is 18.6. The standard InChI is InChI=1S/C30H50NO7P/c1-5-6-7-8-9-10-11-12-13-14-15-16-17-18-19-20-21-22-23-24-30(33)36-27-29(32)28-38-39(34,35)37-26-25-31(2,3)4/h6-7,9-10,12-13,15-16,18-19,21-22,29,32H,5,8,11,14,17,20,23-28H2,1-4H3/p+1. The summed E-state index contributed by atoms with van der Waals surface area (Å²) in [4.78, 5) is 21.4. The van der Waals surface area contributed by atoms with Gasteiger partial charge in [0, 0.05) is 6.42 Å². The van der Waals surface area contributed by atoms with Crippen molar-refractivity contribution >= 4 is 13.8 Å². The van der Waals surface area contributed by atoms with Crippen LogP contribution in [-0.2, 0) is 23.1 Å². The molecule has 0 bridgehead atoms. The van der Waals surface area contributed by atoms with Crippen LogP contribution >= 0.6 is 7.82 Å². The summed E-state index contributed by atoms with van der Waals surface area (Å²) in [6.45, 7) is 1.90. The van der Waals surface area contributed by atoms with E-state index in [1.54, 1.807) is 0 Å². The molecule has 0 aliphatic heterocycles. The number of carbonyl (C=O) groups excluding carboxylic acids is 1. The van der Waals surface area contributed by atoms with Crippen molar-refractivity contribution in [2.24, 2.45) is 0 Å². The lowest BCUT2D eigenvalue weighted by molar-refractivity contribution is -0.870. The number of allylic oxidation sites excluding steroid dienone is 12. The molecule has 9 heteroatoms. The van der Waals surface area contributed by atoms with Crippen molar-refractivity contribution in [3.8, 4) is 0 Å². The number of nitrogens with zero attached hydrogens (tertiary/aromatic N) is 1. The number of ether oxygens (including phenoxy) is 1. The van der Waals surface area contributed by atoms with E-state index in [-0.39, 0.29) is 19.6 Å². The summed E-state index contributed by atoms with van der Waals surface area (Å²) >= 11 is 0. The Balaban J connectivity index is 3.80. The molecular weight excluding hydrogens is 517 g/mol. The number of hydrogen-bond donors (Lipinski definition) is 2. The lowest BCUT2D eigenvalue weighted by atomic mass is 10.2. The van der Waals surface area contributed by atoms with Gasteiger partial charge in [0.2, 0.25) is 0 Å². The minimum atomic E-state index is -4.26. The number of likely N-dealkylation sites (N-methyl/N-ethyl adjacent to an activating group) is 1. The fraction of sp³-hybridized carbons (Fsp3) is 0.567. The molecular formula is C30H51NO7P+. The van der Waals surface area contributed by atoms with Crippen molar-refractivity contribution in [2.75, 3.05) is 47.5 Å². The first kappa shape index (κ1) is 36.9. The molecule has 0 aromatic carbocycles. The van der Waals surface area contributed by atoms with E-state index in [0.717, 1.165) is 38.5 Å². The number of phosphoric acid groups is 1. The van der Waals surface area contributed by atoms with Crippen molar-refractivity contribution in [1.29, 1.82) is 0 Å². The van der Waals surface area contributed by atoms with E-state index in [0.29, 0.717) is 17.4 Å². The van der Waals surface area contributed by atoms with Crippen molar-refractivity contribution in [3.05, 3.63) is 72.9 Å². The highest BCUT2D eigenvalue weighted by Gasteiger charge is 2.24. The molecule has 0 amide bonds. The quantitative estimate of drug-likeness (QED) is 0.0654. The van der Waals surface area contributed by atoms with Gasteiger partial charge < -0.3 is 19.2 Å². The third-order valence-corrected chi connectivity index (χ3v) is 5.98. The summed E-state index contributed by atoms with van der Waals surface area (Å²) in [7, 11) is 1.51. The summed E-state index contributed by atoms with van der Waals surface area (Å²) in [6, 6.07) is 0. The van der Waals surface area contributed by atoms with Crippen LogP contribution in [0, 0.1) is 0 Å². The molecule has 0 aromatic heterocycles. The van der Waals surface area contributed by atoms with Crippen LogP contribution in [0.3, 0.4) is 0 Å². The third kappa shape index (κ3) is 28.8. The van der Waals surface area contributed by atoms with Crippen LogP contribution in [0.4, 0.5) is 0 Å². The Kier molecular flexibility index (Phi) is 22.5. The number of esters is 1. The Morgan fingerprint density at radius 1 is 0.769 bits per heavy atom. The van der Waals surface area contributed by atoms with Crippen molar-refractivity contribution in [3.63, 3.8) is 0 Å². The number of hydrogen-bond acceptors (Lipinski definition) is 6. The van der Waals surface area contributed by atoms with Crippen LogP contribution in [0.5, 0.6) is 0 Å². The average Bonchev–Trinajstić information content (AvgIpc) is 2.86. The summed E-state index contributed by atoms with van der Waals surface area (Å²) in [5, 5.41) is 9.82. The second kappa shape index (κ2) is 23.8. The van der Waals surface area contributed by atoms with Crippen LogP contribution in [0.2, 0.25) is 0 Å². The number of aliphatic hydroxyl groups excluding tert-OH is 1. The van der Waals surface area contributed by atoms with E-state index in [1.807, 2.05) is 33.3 Å². The highest BCUT2D eigenvalue weighted by molar-refractivity contribution is 7.47. The molecule has 0 aliphatic carbocycles. The molecule has 0 fully saturated rings. The van der Waals surface area contributed by atoms with Crippen LogP contribution < -0.4 is 0 Å². The van der Waals surface area contributed by atoms with Gasteiger partial charge in [-0.2, -0.15) is 0 Å². The van der Waals surface area contributed by atoms with E-state index in [4.69, 9.17) is 13.8 Å². The smallest absolute Gasteiger partial charge is 0.463 e. The lowest BCUT2D eigenvalue weighted by Crippen LogP contribution is -2.37. The fourth-order valence-corrected chi connectivity index (χ4v) is 3.55. The van der Waals surface area contributed by atoms with Gasteiger partial charge in [-0.3, -0.25) is 13.8 Å². The second-order valence-electron chi connectivity index (χ2n) is 9.90. The molecule has 222 valence electrons. The normalized spacial score (nSPS) is 15.5. The maximum absolute atomic E-state index is 11.8. The molecule has 0 aliphatic rings. The Hall–Kier alpha value is -2.06. The van der Waals surface area contributed by atoms with Gasteiger partial charge in [-0.05, 0) is 44.9 Å². The predicted octanol–water partition coefficient (Wildman–Crippen LogP) is 6.21. The van der Waals surface area contributed by atoms with Crippen molar-refractivity contribution in [1.82, 2.24) is 0 Å². The molecule has 0 saturated heterocycles. The van der Waals surface area contributed by atoms with Crippen LogP contribution in [0.25, 0.3) is 0 Å². The molecule has 2 N–H and O–H groups in total. The van der Waals surface area contributed by atoms with Gasteiger partial charge >= 0.3 is 13.8 Å². The largest absolute Gasteiger partial charge is 0.472 e. The van der Waals surface area contributed by atoms with E-state index < -0.39 is 26.5 Å². The van der Waals surface area contributed by atoms with Gasteiger partial charge in [0.15, 0.2) is 0 Å². The number of carbonyl (C=O) groups is 1. The Bertz CT molecular complexity index is 854. The molecule has 0 heterocycles. The molecule has 0 saturated carbocycles. The minimum absolute atomic E-state index is 0.0386. The maximum Gasteiger partial charge on any atom is 0.472 e. The van der Waals surface area contributed by atoms with Gasteiger partial charge in [0.1, 0.15) is 25.9 Å². The summed E-state index contributed by atoms with van der Waals surface area (Å²) in [5.41, 5.74) is 0. The molecule has 2 atom stereocenters. The summed E-state index contributed by atoms with van der Waals surface area (Å²) in [5.74, 6) is -0.458. The minimum Gasteiger partial charge on any atom is -0.463 e. The zero-order valence-corrected chi connectivity index (χ0v) is 25.2. The second-order valence-corrected chi connectivity index (χ2v) is 11.4. The van der Waals surface area contributed by atoms with E-state index in [9.17, 15) is 19.4 Å². The van der Waals surface area contributed by atoms with Crippen LogP contribution in [0.15, 0.2) is 72.9 Å². The van der Waals surface area contributed by atoms with Gasteiger partial charge in [-0.25, -0.2) is 4.57 Å². The van der Waals surface area contributed by atoms with Gasteiger partial charge in [0.25, 0.3) is 0 Å². The number of aliphatic hydroxyl groups is 1. The third-order valence-electron chi connectivity index (χ3n) is 4.99. The molecule has 0 aromatic rings. The Labute approximate surface area is 236 Å². The van der Waals surface area contributed by atoms with Crippen LogP contribution in [0.1, 0.15) is 58.3 Å². The van der Waals surface area contributed by atoms with Crippen LogP contribution in [-0.4, -0.2) is 74.1 Å². The topological polar surface area (TPSA) is 102 Å². The van der Waals surface area contributed by atoms with E-state index in [2.05, 4.69) is 67.7 Å². The number of quaternary nitrogens is 1. The van der Waals surface area contributed by atoms with E-state index >= 15 is 0 Å². The lowest BCUT2D eigenvalue weighted by Gasteiger charge is -2.24. The first-order valence-electron chi connectivity index (χ1n) is 13.7. The van der Waals surface area contributed by atoms with Crippen molar-refractivity contribution < 1.29 is 37.6 Å². The van der Waals surface area contributed by atoms with E-state index in [1.165, 1.54) is 0 Å². The van der Waals surface area contributed by atoms with Gasteiger partial charge in [-0.1, -0.05) is 79.8 Å². The van der Waals surface area contributed by atoms with Crippen molar-refractivity contribution in [2.45, 2.75) is 64.4 Å². The summed E-state index contributed by atoms with van der Waals surface area (Å²) in [6.07, 6.45) is 30.6. The highest BCUT2D eigenvalue weighted by Crippen LogP contribution is 2.43. The highest BCUT2D eigenvalue weighted by atomic mass is 31.2. The number of rotatable bonds is 23. The average molecular weight is 569 g/mol. The molecule has 39 heavy (non-hydrogen) atoms. The Morgan fingerprint density at radius 2 is 1.23 bits per heavy atom. The molecule has 2 unspecified atom stereocenters. The molecule has 0 rings (SSSR count).